The molecule has 2 heterocycles. The van der Waals surface area contributed by atoms with Gasteiger partial charge in [0, 0.05) is 22.2 Å². The molecule has 2 aromatic heterocycles. The maximum atomic E-state index is 6.05. The van der Waals surface area contributed by atoms with Gasteiger partial charge in [-0.05, 0) is 18.2 Å². The van der Waals surface area contributed by atoms with Crippen LogP contribution in [0.15, 0.2) is 40.4 Å². The van der Waals surface area contributed by atoms with Crippen LogP contribution in [-0.2, 0) is 6.61 Å². The third-order valence-electron chi connectivity index (χ3n) is 2.41. The topological polar surface area (TPSA) is 26.5 Å². The lowest BCUT2D eigenvalue weighted by Gasteiger charge is -2.06. The van der Waals surface area contributed by atoms with Crippen LogP contribution in [-0.4, -0.2) is 9.38 Å². The molecule has 0 amide bonds. The van der Waals surface area contributed by atoms with E-state index in [1.165, 1.54) is 0 Å². The molecule has 3 nitrogen and oxygen atoms in total. The minimum Gasteiger partial charge on any atom is -0.486 e. The van der Waals surface area contributed by atoms with Crippen LogP contribution in [0.25, 0.3) is 4.96 Å². The molecule has 0 unspecified atom stereocenters. The van der Waals surface area contributed by atoms with Gasteiger partial charge in [0.05, 0.1) is 10.7 Å². The highest BCUT2D eigenvalue weighted by Crippen LogP contribution is 2.28. The van der Waals surface area contributed by atoms with Crippen molar-refractivity contribution in [2.24, 2.45) is 0 Å². The first-order chi connectivity index (χ1) is 8.72. The Labute approximate surface area is 121 Å². The van der Waals surface area contributed by atoms with Gasteiger partial charge >= 0.3 is 0 Å². The molecule has 3 aromatic rings. The first-order valence-corrected chi connectivity index (χ1v) is 7.26. The quantitative estimate of drug-likeness (QED) is 0.705. The number of nitrogens with zero attached hydrogens (tertiary/aromatic N) is 2. The molecule has 18 heavy (non-hydrogen) atoms. The molecular weight excluding hydrogens is 336 g/mol. The van der Waals surface area contributed by atoms with Gasteiger partial charge in [-0.3, -0.25) is 4.40 Å². The summed E-state index contributed by atoms with van der Waals surface area (Å²) in [5.41, 5.74) is 0.887. The van der Waals surface area contributed by atoms with Gasteiger partial charge in [0.2, 0.25) is 0 Å². The van der Waals surface area contributed by atoms with Crippen molar-refractivity contribution in [1.82, 2.24) is 9.38 Å². The Bertz CT molecular complexity index is 666. The molecule has 0 aliphatic carbocycles. The molecule has 0 atom stereocenters. The summed E-state index contributed by atoms with van der Waals surface area (Å²) in [4.78, 5) is 5.41. The molecular formula is C12H8BrClN2OS. The van der Waals surface area contributed by atoms with Crippen molar-refractivity contribution in [3.8, 4) is 5.75 Å². The number of rotatable bonds is 3. The summed E-state index contributed by atoms with van der Waals surface area (Å²) < 4.78 is 8.59. The first-order valence-electron chi connectivity index (χ1n) is 5.21. The predicted octanol–water partition coefficient (Wildman–Crippen LogP) is 4.39. The number of imidazole rings is 1. The van der Waals surface area contributed by atoms with Gasteiger partial charge in [-0.25, -0.2) is 4.98 Å². The summed E-state index contributed by atoms with van der Waals surface area (Å²) in [7, 11) is 0. The van der Waals surface area contributed by atoms with Crippen molar-refractivity contribution < 1.29 is 4.74 Å². The molecule has 0 saturated carbocycles. The summed E-state index contributed by atoms with van der Waals surface area (Å²) in [6.45, 7) is 0.407. The molecule has 0 spiro atoms. The maximum absolute atomic E-state index is 6.05. The highest BCUT2D eigenvalue weighted by atomic mass is 79.9. The summed E-state index contributed by atoms with van der Waals surface area (Å²) in [5, 5.41) is 2.59. The van der Waals surface area contributed by atoms with Crippen molar-refractivity contribution in [1.29, 1.82) is 0 Å². The highest BCUT2D eigenvalue weighted by Gasteiger charge is 2.06. The molecule has 92 valence electrons. The molecule has 1 aromatic carbocycles. The number of hydrogen-bond donors (Lipinski definition) is 0. The van der Waals surface area contributed by atoms with E-state index in [2.05, 4.69) is 20.9 Å². The van der Waals surface area contributed by atoms with Crippen molar-refractivity contribution in [2.45, 2.75) is 6.61 Å². The van der Waals surface area contributed by atoms with Crippen LogP contribution < -0.4 is 4.74 Å². The van der Waals surface area contributed by atoms with Crippen molar-refractivity contribution in [3.63, 3.8) is 0 Å². The lowest BCUT2D eigenvalue weighted by Crippen LogP contribution is -1.96. The Morgan fingerprint density at radius 2 is 2.33 bits per heavy atom. The fraction of sp³-hybridized carbons (Fsp3) is 0.0833. The van der Waals surface area contributed by atoms with Gasteiger partial charge < -0.3 is 4.74 Å². The van der Waals surface area contributed by atoms with Crippen LogP contribution in [0.2, 0.25) is 5.02 Å². The van der Waals surface area contributed by atoms with E-state index in [4.69, 9.17) is 16.3 Å². The monoisotopic (exact) mass is 342 g/mol. The SMILES string of the molecule is Clc1ccc(Br)cc1OCc1cn2ccsc2n1. The molecule has 0 aliphatic heterocycles. The number of hydrogen-bond acceptors (Lipinski definition) is 3. The molecule has 0 saturated heterocycles. The van der Waals surface area contributed by atoms with Crippen LogP contribution in [0.5, 0.6) is 5.75 Å². The highest BCUT2D eigenvalue weighted by molar-refractivity contribution is 9.10. The number of aromatic nitrogens is 2. The van der Waals surface area contributed by atoms with E-state index < -0.39 is 0 Å². The zero-order chi connectivity index (χ0) is 12.5. The molecule has 0 radical (unpaired) electrons. The molecule has 6 heteroatoms. The lowest BCUT2D eigenvalue weighted by molar-refractivity contribution is 0.302. The second kappa shape index (κ2) is 4.91. The smallest absolute Gasteiger partial charge is 0.193 e. The van der Waals surface area contributed by atoms with Crippen LogP contribution in [0.4, 0.5) is 0 Å². The largest absolute Gasteiger partial charge is 0.486 e. The normalized spacial score (nSPS) is 11.0. The molecule has 3 rings (SSSR count). The predicted molar refractivity (Wildman–Crippen MR) is 76.6 cm³/mol. The average Bonchev–Trinajstić information content (AvgIpc) is 2.90. The number of benzene rings is 1. The van der Waals surface area contributed by atoms with E-state index in [9.17, 15) is 0 Å². The van der Waals surface area contributed by atoms with Crippen molar-refractivity contribution >= 4 is 43.8 Å². The molecule has 0 bridgehead atoms. The van der Waals surface area contributed by atoms with Gasteiger partial charge in [0.25, 0.3) is 0 Å². The van der Waals surface area contributed by atoms with Crippen molar-refractivity contribution in [2.75, 3.05) is 0 Å². The Morgan fingerprint density at radius 1 is 1.44 bits per heavy atom. The summed E-state index contributed by atoms with van der Waals surface area (Å²) >= 11 is 11.0. The zero-order valence-corrected chi connectivity index (χ0v) is 12.3. The minimum atomic E-state index is 0.407. The zero-order valence-electron chi connectivity index (χ0n) is 9.14. The Balaban J connectivity index is 1.77. The van der Waals surface area contributed by atoms with Gasteiger partial charge in [-0.1, -0.05) is 27.5 Å². The fourth-order valence-corrected chi connectivity index (χ4v) is 2.82. The van der Waals surface area contributed by atoms with E-state index in [-0.39, 0.29) is 0 Å². The van der Waals surface area contributed by atoms with E-state index >= 15 is 0 Å². The molecule has 0 aliphatic rings. The number of halogens is 2. The summed E-state index contributed by atoms with van der Waals surface area (Å²) in [6.07, 6.45) is 3.93. The van der Waals surface area contributed by atoms with Crippen LogP contribution in [0.1, 0.15) is 5.69 Å². The molecule has 0 fully saturated rings. The Hall–Kier alpha value is -1.04. The van der Waals surface area contributed by atoms with Crippen LogP contribution in [0.3, 0.4) is 0 Å². The first kappa shape index (κ1) is 12.0. The van der Waals surface area contributed by atoms with E-state index in [1.54, 1.807) is 17.4 Å². The summed E-state index contributed by atoms with van der Waals surface area (Å²) in [5.74, 6) is 0.655. The fourth-order valence-electron chi connectivity index (χ4n) is 1.59. The van der Waals surface area contributed by atoms with E-state index in [0.717, 1.165) is 15.1 Å². The summed E-state index contributed by atoms with van der Waals surface area (Å²) in [6, 6.07) is 5.52. The van der Waals surface area contributed by atoms with Crippen molar-refractivity contribution in [3.05, 3.63) is 51.2 Å². The van der Waals surface area contributed by atoms with E-state index in [0.29, 0.717) is 17.4 Å². The average molecular weight is 344 g/mol. The third-order valence-corrected chi connectivity index (χ3v) is 3.99. The number of thiazole rings is 1. The number of fused-ring (bicyclic) bond motifs is 1. The van der Waals surface area contributed by atoms with Gasteiger partial charge in [-0.2, -0.15) is 0 Å². The second-order valence-corrected chi connectivity index (χ2v) is 5.88. The van der Waals surface area contributed by atoms with Gasteiger partial charge in [-0.15, -0.1) is 11.3 Å². The van der Waals surface area contributed by atoms with Gasteiger partial charge in [0.15, 0.2) is 4.96 Å². The van der Waals surface area contributed by atoms with Crippen LogP contribution in [0, 0.1) is 0 Å². The maximum Gasteiger partial charge on any atom is 0.193 e. The Morgan fingerprint density at radius 3 is 3.17 bits per heavy atom. The standard InChI is InChI=1S/C12H8BrClN2OS/c13-8-1-2-10(14)11(5-8)17-7-9-6-16-3-4-18-12(16)15-9/h1-6H,7H2. The van der Waals surface area contributed by atoms with Crippen LogP contribution >= 0.6 is 38.9 Å². The molecule has 0 N–H and O–H groups in total. The van der Waals surface area contributed by atoms with E-state index in [1.807, 2.05) is 34.3 Å². The third kappa shape index (κ3) is 2.39. The van der Waals surface area contributed by atoms with Gasteiger partial charge in [0.1, 0.15) is 12.4 Å². The number of ether oxygens (including phenoxy) is 1. The minimum absolute atomic E-state index is 0.407. The second-order valence-electron chi connectivity index (χ2n) is 3.69. The Kier molecular flexibility index (Phi) is 3.28. The lowest BCUT2D eigenvalue weighted by atomic mass is 10.3.